The van der Waals surface area contributed by atoms with Crippen LogP contribution in [0.5, 0.6) is 0 Å². The van der Waals surface area contributed by atoms with Crippen molar-refractivity contribution in [2.24, 2.45) is 0 Å². The molecule has 1 aliphatic heterocycles. The fraction of sp³-hybridized carbons (Fsp3) is 0.118. The molecule has 21 heavy (non-hydrogen) atoms. The Hall–Kier alpha value is -1.61. The maximum absolute atomic E-state index is 6.33. The van der Waals surface area contributed by atoms with Crippen LogP contribution in [0.2, 0.25) is 10.0 Å². The Morgan fingerprint density at radius 2 is 1.81 bits per heavy atom. The summed E-state index contributed by atoms with van der Waals surface area (Å²) in [5, 5.41) is 2.15. The zero-order valence-electron chi connectivity index (χ0n) is 11.0. The second kappa shape index (κ2) is 4.99. The van der Waals surface area contributed by atoms with Gasteiger partial charge >= 0.3 is 0 Å². The van der Waals surface area contributed by atoms with E-state index in [1.165, 1.54) is 0 Å². The second-order valence-electron chi connectivity index (χ2n) is 5.07. The minimum Gasteiger partial charge on any atom is -0.368 e. The Morgan fingerprint density at radius 3 is 2.52 bits per heavy atom. The van der Waals surface area contributed by atoms with Gasteiger partial charge in [-0.3, -0.25) is 0 Å². The molecule has 1 aliphatic rings. The lowest BCUT2D eigenvalue weighted by atomic mass is 10.0. The molecule has 0 N–H and O–H groups in total. The van der Waals surface area contributed by atoms with Gasteiger partial charge in [0.15, 0.2) is 0 Å². The van der Waals surface area contributed by atoms with E-state index in [1.54, 1.807) is 6.07 Å². The summed E-state index contributed by atoms with van der Waals surface area (Å²) in [4.78, 5) is 4.71. The zero-order valence-corrected chi connectivity index (χ0v) is 12.5. The van der Waals surface area contributed by atoms with Crippen molar-refractivity contribution in [1.82, 2.24) is 4.98 Å². The Balaban J connectivity index is 2.02. The summed E-state index contributed by atoms with van der Waals surface area (Å²) >= 11 is 12.5. The van der Waals surface area contributed by atoms with Crippen molar-refractivity contribution >= 4 is 34.1 Å². The number of ether oxygens (including phenoxy) is 1. The van der Waals surface area contributed by atoms with Gasteiger partial charge in [-0.05, 0) is 23.8 Å². The second-order valence-corrected chi connectivity index (χ2v) is 5.91. The summed E-state index contributed by atoms with van der Waals surface area (Å²) in [6.45, 7) is 0.734. The highest BCUT2D eigenvalue weighted by atomic mass is 35.5. The van der Waals surface area contributed by atoms with Gasteiger partial charge in [0.1, 0.15) is 6.10 Å². The van der Waals surface area contributed by atoms with E-state index in [2.05, 4.69) is 6.07 Å². The van der Waals surface area contributed by atoms with Crippen LogP contribution >= 0.6 is 23.2 Å². The number of hydrogen-bond donors (Lipinski definition) is 0. The lowest BCUT2D eigenvalue weighted by Crippen LogP contribution is -1.93. The van der Waals surface area contributed by atoms with Gasteiger partial charge < -0.3 is 4.74 Å². The number of pyridine rings is 1. The minimum atomic E-state index is 0.118. The average Bonchev–Trinajstić information content (AvgIpc) is 3.32. The van der Waals surface area contributed by atoms with Gasteiger partial charge in [0.05, 0.1) is 22.8 Å². The van der Waals surface area contributed by atoms with Gasteiger partial charge in [-0.2, -0.15) is 0 Å². The smallest absolute Gasteiger partial charge is 0.107 e. The largest absolute Gasteiger partial charge is 0.368 e. The average molecular weight is 316 g/mol. The molecule has 4 rings (SSSR count). The van der Waals surface area contributed by atoms with Crippen molar-refractivity contribution in [3.8, 4) is 11.3 Å². The van der Waals surface area contributed by atoms with Gasteiger partial charge in [0, 0.05) is 16.0 Å². The lowest BCUT2D eigenvalue weighted by molar-refractivity contribution is 0.417. The topological polar surface area (TPSA) is 25.4 Å². The van der Waals surface area contributed by atoms with Crippen LogP contribution in [0, 0.1) is 0 Å². The molecule has 1 unspecified atom stereocenters. The SMILES string of the molecule is Clc1cc(Cl)c2nc(-c3ccccc3)cc(C3CO3)c2c1. The van der Waals surface area contributed by atoms with Crippen molar-refractivity contribution in [3.05, 3.63) is 64.1 Å². The normalized spacial score (nSPS) is 17.1. The highest BCUT2D eigenvalue weighted by Crippen LogP contribution is 2.39. The van der Waals surface area contributed by atoms with Crippen molar-refractivity contribution in [2.45, 2.75) is 6.10 Å². The minimum absolute atomic E-state index is 0.118. The Morgan fingerprint density at radius 1 is 1.05 bits per heavy atom. The molecule has 1 atom stereocenters. The molecular formula is C17H11Cl2NO. The molecule has 0 aliphatic carbocycles. The number of fused-ring (bicyclic) bond motifs is 1. The van der Waals surface area contributed by atoms with Crippen LogP contribution < -0.4 is 0 Å². The molecule has 0 bridgehead atoms. The molecule has 0 radical (unpaired) electrons. The molecule has 0 spiro atoms. The zero-order chi connectivity index (χ0) is 14.4. The maximum atomic E-state index is 6.33. The van der Waals surface area contributed by atoms with Crippen LogP contribution in [0.25, 0.3) is 22.2 Å². The number of epoxide rings is 1. The van der Waals surface area contributed by atoms with Crippen LogP contribution in [-0.2, 0) is 4.74 Å². The molecule has 2 heterocycles. The quantitative estimate of drug-likeness (QED) is 0.601. The molecular weight excluding hydrogens is 305 g/mol. The van der Waals surface area contributed by atoms with E-state index in [4.69, 9.17) is 32.9 Å². The highest BCUT2D eigenvalue weighted by Gasteiger charge is 2.28. The van der Waals surface area contributed by atoms with E-state index in [9.17, 15) is 0 Å². The Kier molecular flexibility index (Phi) is 3.11. The number of halogens is 2. The third-order valence-electron chi connectivity index (χ3n) is 3.61. The first-order valence-electron chi connectivity index (χ1n) is 6.69. The third kappa shape index (κ3) is 2.40. The fourth-order valence-electron chi connectivity index (χ4n) is 2.53. The summed E-state index contributed by atoms with van der Waals surface area (Å²) < 4.78 is 5.46. The van der Waals surface area contributed by atoms with Gasteiger partial charge in [-0.25, -0.2) is 4.98 Å². The van der Waals surface area contributed by atoms with Crippen LogP contribution in [0.1, 0.15) is 11.7 Å². The van der Waals surface area contributed by atoms with E-state index in [0.29, 0.717) is 10.0 Å². The first-order chi connectivity index (χ1) is 10.2. The number of nitrogens with zero attached hydrogens (tertiary/aromatic N) is 1. The van der Waals surface area contributed by atoms with E-state index in [1.807, 2.05) is 36.4 Å². The predicted octanol–water partition coefficient (Wildman–Crippen LogP) is 5.28. The standard InChI is InChI=1S/C17H11Cl2NO/c18-11-6-13-12(16-9-21-16)8-15(10-4-2-1-3-5-10)20-17(13)14(19)7-11/h1-8,16H,9H2. The first kappa shape index (κ1) is 13.1. The Labute approximate surface area is 132 Å². The predicted molar refractivity (Wildman–Crippen MR) is 85.9 cm³/mol. The summed E-state index contributed by atoms with van der Waals surface area (Å²) in [5.74, 6) is 0. The van der Waals surface area contributed by atoms with Gasteiger partial charge in [0.2, 0.25) is 0 Å². The van der Waals surface area contributed by atoms with Gasteiger partial charge in [0.25, 0.3) is 0 Å². The van der Waals surface area contributed by atoms with E-state index < -0.39 is 0 Å². The first-order valence-corrected chi connectivity index (χ1v) is 7.45. The monoisotopic (exact) mass is 315 g/mol. The number of hydrogen-bond acceptors (Lipinski definition) is 2. The number of aromatic nitrogens is 1. The molecule has 1 saturated heterocycles. The third-order valence-corrected chi connectivity index (χ3v) is 4.12. The van der Waals surface area contributed by atoms with Gasteiger partial charge in [-0.1, -0.05) is 53.5 Å². The molecule has 2 nitrogen and oxygen atoms in total. The summed E-state index contributed by atoms with van der Waals surface area (Å²) in [6.07, 6.45) is 0.118. The van der Waals surface area contributed by atoms with Crippen LogP contribution in [-0.4, -0.2) is 11.6 Å². The van der Waals surface area contributed by atoms with Crippen LogP contribution in [0.4, 0.5) is 0 Å². The highest BCUT2D eigenvalue weighted by molar-refractivity contribution is 6.38. The molecule has 0 saturated carbocycles. The summed E-state index contributed by atoms with van der Waals surface area (Å²) in [7, 11) is 0. The van der Waals surface area contributed by atoms with Crippen LogP contribution in [0.3, 0.4) is 0 Å². The number of rotatable bonds is 2. The van der Waals surface area contributed by atoms with Gasteiger partial charge in [-0.15, -0.1) is 0 Å². The maximum Gasteiger partial charge on any atom is 0.107 e. The number of benzene rings is 2. The molecule has 104 valence electrons. The van der Waals surface area contributed by atoms with Crippen molar-refractivity contribution in [1.29, 1.82) is 0 Å². The van der Waals surface area contributed by atoms with Crippen molar-refractivity contribution in [3.63, 3.8) is 0 Å². The lowest BCUT2D eigenvalue weighted by Gasteiger charge is -2.10. The van der Waals surface area contributed by atoms with E-state index in [0.717, 1.165) is 34.3 Å². The molecule has 4 heteroatoms. The van der Waals surface area contributed by atoms with E-state index in [-0.39, 0.29) is 6.10 Å². The molecule has 3 aromatic rings. The molecule has 1 fully saturated rings. The summed E-state index contributed by atoms with van der Waals surface area (Å²) in [6, 6.07) is 15.8. The molecule has 2 aromatic carbocycles. The fourth-order valence-corrected chi connectivity index (χ4v) is 3.06. The van der Waals surface area contributed by atoms with Crippen molar-refractivity contribution in [2.75, 3.05) is 6.61 Å². The molecule has 0 amide bonds. The molecule has 1 aromatic heterocycles. The van der Waals surface area contributed by atoms with E-state index >= 15 is 0 Å². The Bertz CT molecular complexity index is 829. The van der Waals surface area contributed by atoms with Crippen molar-refractivity contribution < 1.29 is 4.74 Å². The van der Waals surface area contributed by atoms with Crippen LogP contribution in [0.15, 0.2) is 48.5 Å². The summed E-state index contributed by atoms with van der Waals surface area (Å²) in [5.41, 5.74) is 3.83.